The van der Waals surface area contributed by atoms with Gasteiger partial charge in [0.1, 0.15) is 11.5 Å². The molecule has 0 heterocycles. The van der Waals surface area contributed by atoms with Crippen LogP contribution in [0.4, 0.5) is 11.4 Å². The van der Waals surface area contributed by atoms with Gasteiger partial charge >= 0.3 is 0 Å². The van der Waals surface area contributed by atoms with Crippen molar-refractivity contribution in [1.82, 2.24) is 0 Å². The molecule has 0 aliphatic rings. The van der Waals surface area contributed by atoms with Gasteiger partial charge < -0.3 is 20.1 Å². The van der Waals surface area contributed by atoms with Gasteiger partial charge in [-0.25, -0.2) is 0 Å². The molecular formula is C24H34N2O3. The highest BCUT2D eigenvalue weighted by Crippen LogP contribution is 2.24. The molecule has 158 valence electrons. The van der Waals surface area contributed by atoms with E-state index in [0.29, 0.717) is 6.61 Å². The molecule has 0 radical (unpaired) electrons. The summed E-state index contributed by atoms with van der Waals surface area (Å²) in [5, 5.41) is 6.05. The highest BCUT2D eigenvalue weighted by molar-refractivity contribution is 5.94. The van der Waals surface area contributed by atoms with Crippen LogP contribution in [0.2, 0.25) is 0 Å². The van der Waals surface area contributed by atoms with E-state index in [2.05, 4.69) is 24.5 Å². The van der Waals surface area contributed by atoms with E-state index in [1.165, 1.54) is 19.3 Å². The van der Waals surface area contributed by atoms with Crippen molar-refractivity contribution < 1.29 is 14.3 Å². The maximum absolute atomic E-state index is 12.3. The molecule has 0 bridgehead atoms. The fraction of sp³-hybridized carbons (Fsp3) is 0.458. The predicted octanol–water partition coefficient (Wildman–Crippen LogP) is 5.88. The topological polar surface area (TPSA) is 59.6 Å². The molecule has 5 heteroatoms. The third-order valence-corrected chi connectivity index (χ3v) is 4.49. The Balaban J connectivity index is 1.75. The number of unbranched alkanes of at least 4 members (excludes halogenated alkanes) is 4. The molecule has 0 fully saturated rings. The first-order valence-electron chi connectivity index (χ1n) is 10.7. The minimum absolute atomic E-state index is 0.110. The number of carbonyl (C=O) groups is 1. The molecule has 0 spiro atoms. The second-order valence-corrected chi connectivity index (χ2v) is 7.03. The Morgan fingerprint density at radius 1 is 0.828 bits per heavy atom. The first-order chi connectivity index (χ1) is 14.2. The van der Waals surface area contributed by atoms with Crippen molar-refractivity contribution in [3.8, 4) is 11.5 Å². The lowest BCUT2D eigenvalue weighted by Gasteiger charge is -2.13. The van der Waals surface area contributed by atoms with E-state index in [1.54, 1.807) is 0 Å². The Morgan fingerprint density at radius 3 is 2.31 bits per heavy atom. The van der Waals surface area contributed by atoms with Crippen LogP contribution in [-0.4, -0.2) is 25.7 Å². The number of anilines is 2. The number of carbonyl (C=O) groups excluding carboxylic acids is 1. The van der Waals surface area contributed by atoms with Gasteiger partial charge in [0.15, 0.2) is 0 Å². The number of ether oxygens (including phenoxy) is 2. The van der Waals surface area contributed by atoms with Crippen LogP contribution in [0.15, 0.2) is 48.5 Å². The summed E-state index contributed by atoms with van der Waals surface area (Å²) in [5.74, 6) is 1.49. The molecule has 5 nitrogen and oxygen atoms in total. The van der Waals surface area contributed by atoms with Crippen LogP contribution in [0.1, 0.15) is 52.4 Å². The fourth-order valence-electron chi connectivity index (χ4n) is 2.80. The SMILES string of the molecule is CCCCCCOc1ccc(NC(=O)CNc2ccccc2OCCCC)cc1. The van der Waals surface area contributed by atoms with Crippen LogP contribution in [-0.2, 0) is 4.79 Å². The minimum Gasteiger partial charge on any atom is -0.494 e. The molecule has 0 aliphatic carbocycles. The molecule has 29 heavy (non-hydrogen) atoms. The van der Waals surface area contributed by atoms with E-state index < -0.39 is 0 Å². The quantitative estimate of drug-likeness (QED) is 0.390. The molecule has 0 saturated heterocycles. The fourth-order valence-corrected chi connectivity index (χ4v) is 2.80. The third-order valence-electron chi connectivity index (χ3n) is 4.49. The van der Waals surface area contributed by atoms with Gasteiger partial charge in [0.2, 0.25) is 5.91 Å². The molecule has 0 aromatic heterocycles. The summed E-state index contributed by atoms with van der Waals surface area (Å²) < 4.78 is 11.5. The van der Waals surface area contributed by atoms with Crippen LogP contribution in [0.5, 0.6) is 11.5 Å². The number of benzene rings is 2. The molecule has 0 aliphatic heterocycles. The van der Waals surface area contributed by atoms with Crippen molar-refractivity contribution >= 4 is 17.3 Å². The van der Waals surface area contributed by atoms with E-state index in [4.69, 9.17) is 9.47 Å². The zero-order valence-electron chi connectivity index (χ0n) is 17.7. The number of hydrogen-bond acceptors (Lipinski definition) is 4. The second kappa shape index (κ2) is 13.5. The summed E-state index contributed by atoms with van der Waals surface area (Å²) in [5.41, 5.74) is 1.58. The average molecular weight is 399 g/mol. The second-order valence-electron chi connectivity index (χ2n) is 7.03. The van der Waals surface area contributed by atoms with E-state index in [-0.39, 0.29) is 12.5 Å². The monoisotopic (exact) mass is 398 g/mol. The zero-order chi connectivity index (χ0) is 20.7. The molecule has 1 amide bonds. The lowest BCUT2D eigenvalue weighted by Crippen LogP contribution is -2.22. The van der Waals surface area contributed by atoms with Crippen molar-refractivity contribution in [2.24, 2.45) is 0 Å². The van der Waals surface area contributed by atoms with Crippen molar-refractivity contribution in [3.05, 3.63) is 48.5 Å². The van der Waals surface area contributed by atoms with Crippen LogP contribution in [0.25, 0.3) is 0 Å². The number of rotatable bonds is 14. The Hall–Kier alpha value is -2.69. The van der Waals surface area contributed by atoms with Gasteiger partial charge in [-0.05, 0) is 49.2 Å². The van der Waals surface area contributed by atoms with Crippen molar-refractivity contribution in [2.45, 2.75) is 52.4 Å². The Labute approximate surface area is 174 Å². The zero-order valence-corrected chi connectivity index (χ0v) is 17.7. The molecule has 2 aromatic rings. The van der Waals surface area contributed by atoms with Crippen LogP contribution < -0.4 is 20.1 Å². The standard InChI is InChI=1S/C24H34N2O3/c1-3-5-7-10-18-28-21-15-13-20(14-16-21)26-24(27)19-25-22-11-8-9-12-23(22)29-17-6-4-2/h8-9,11-16,25H,3-7,10,17-19H2,1-2H3,(H,26,27). The minimum atomic E-state index is -0.110. The summed E-state index contributed by atoms with van der Waals surface area (Å²) in [6.07, 6.45) is 6.83. The molecule has 2 N–H and O–H groups in total. The largest absolute Gasteiger partial charge is 0.494 e. The van der Waals surface area contributed by atoms with Gasteiger partial charge in [-0.1, -0.05) is 51.7 Å². The summed E-state index contributed by atoms with van der Waals surface area (Å²) in [6, 6.07) is 15.2. The highest BCUT2D eigenvalue weighted by atomic mass is 16.5. The summed E-state index contributed by atoms with van der Waals surface area (Å²) in [7, 11) is 0. The van der Waals surface area contributed by atoms with Crippen molar-refractivity contribution in [2.75, 3.05) is 30.4 Å². The van der Waals surface area contributed by atoms with E-state index in [9.17, 15) is 4.79 Å². The lowest BCUT2D eigenvalue weighted by molar-refractivity contribution is -0.114. The van der Waals surface area contributed by atoms with Gasteiger partial charge in [0.05, 0.1) is 25.4 Å². The molecule has 0 saturated carbocycles. The summed E-state index contributed by atoms with van der Waals surface area (Å²) >= 11 is 0. The van der Waals surface area contributed by atoms with E-state index in [1.807, 2.05) is 48.5 Å². The Bertz CT molecular complexity index is 716. The Morgan fingerprint density at radius 2 is 1.55 bits per heavy atom. The maximum atomic E-state index is 12.3. The van der Waals surface area contributed by atoms with Crippen molar-refractivity contribution in [1.29, 1.82) is 0 Å². The van der Waals surface area contributed by atoms with Crippen LogP contribution >= 0.6 is 0 Å². The number of amides is 1. The molecule has 0 unspecified atom stereocenters. The number of nitrogens with one attached hydrogen (secondary N) is 2. The molecular weight excluding hydrogens is 364 g/mol. The molecule has 2 rings (SSSR count). The highest BCUT2D eigenvalue weighted by Gasteiger charge is 2.06. The predicted molar refractivity (Wildman–Crippen MR) is 120 cm³/mol. The van der Waals surface area contributed by atoms with Gasteiger partial charge in [0, 0.05) is 5.69 Å². The average Bonchev–Trinajstić information content (AvgIpc) is 2.74. The van der Waals surface area contributed by atoms with E-state index in [0.717, 1.165) is 48.7 Å². The number of hydrogen-bond donors (Lipinski definition) is 2. The third kappa shape index (κ3) is 8.90. The lowest BCUT2D eigenvalue weighted by atomic mass is 10.2. The van der Waals surface area contributed by atoms with Gasteiger partial charge in [-0.3, -0.25) is 4.79 Å². The normalized spacial score (nSPS) is 10.4. The smallest absolute Gasteiger partial charge is 0.243 e. The van der Waals surface area contributed by atoms with Crippen LogP contribution in [0.3, 0.4) is 0 Å². The first-order valence-corrected chi connectivity index (χ1v) is 10.7. The van der Waals surface area contributed by atoms with Gasteiger partial charge in [-0.15, -0.1) is 0 Å². The summed E-state index contributed by atoms with van der Waals surface area (Å²) in [6.45, 7) is 5.90. The Kier molecular flexibility index (Phi) is 10.5. The molecule has 2 aromatic carbocycles. The first kappa shape index (κ1) is 22.6. The van der Waals surface area contributed by atoms with Gasteiger partial charge in [0.25, 0.3) is 0 Å². The maximum Gasteiger partial charge on any atom is 0.243 e. The van der Waals surface area contributed by atoms with Gasteiger partial charge in [-0.2, -0.15) is 0 Å². The number of para-hydroxylation sites is 2. The van der Waals surface area contributed by atoms with Crippen LogP contribution in [0, 0.1) is 0 Å². The van der Waals surface area contributed by atoms with Crippen molar-refractivity contribution in [3.63, 3.8) is 0 Å². The van der Waals surface area contributed by atoms with E-state index >= 15 is 0 Å². The summed E-state index contributed by atoms with van der Waals surface area (Å²) in [4.78, 5) is 12.3. The molecule has 0 atom stereocenters.